The van der Waals surface area contributed by atoms with Gasteiger partial charge in [-0.3, -0.25) is 4.79 Å². The summed E-state index contributed by atoms with van der Waals surface area (Å²) in [6.45, 7) is 0.516. The molecular formula is C24H22I2N2O2S. The van der Waals surface area contributed by atoms with Gasteiger partial charge in [-0.1, -0.05) is 30.3 Å². The summed E-state index contributed by atoms with van der Waals surface area (Å²) in [5.74, 6) is 0.847. The number of aryl methyl sites for hydroxylation is 1. The summed E-state index contributed by atoms with van der Waals surface area (Å²) >= 11 is 6.21. The van der Waals surface area contributed by atoms with Crippen LogP contribution in [-0.4, -0.2) is 19.2 Å². The molecule has 0 aliphatic heterocycles. The van der Waals surface area contributed by atoms with Crippen molar-refractivity contribution >= 4 is 73.6 Å². The molecule has 1 N–H and O–H groups in total. The number of thiophene rings is 1. The first kappa shape index (κ1) is 22.7. The standard InChI is InChI=1S/C24H22I2N2O2S/c1-30-22-18(25)11-16(12-19(22)26)14-28-24-21(17-9-5-6-10-20(17)31-24)23(29)27-13-15-7-3-2-4-8-15/h2-4,7-8,11-12,14H,5-6,9-10,13H2,1H3,(H,27,29). The lowest BCUT2D eigenvalue weighted by atomic mass is 9.95. The Kier molecular flexibility index (Phi) is 7.65. The van der Waals surface area contributed by atoms with Gasteiger partial charge in [-0.05, 0) is 99.7 Å². The average molecular weight is 656 g/mol. The van der Waals surface area contributed by atoms with Crippen LogP contribution in [0.3, 0.4) is 0 Å². The first-order chi connectivity index (χ1) is 15.1. The number of carbonyl (C=O) groups is 1. The van der Waals surface area contributed by atoms with E-state index in [2.05, 4.69) is 50.5 Å². The summed E-state index contributed by atoms with van der Waals surface area (Å²) in [4.78, 5) is 19.3. The van der Waals surface area contributed by atoms with Crippen molar-refractivity contribution in [3.63, 3.8) is 0 Å². The lowest BCUT2D eigenvalue weighted by Gasteiger charge is -2.13. The molecule has 1 aliphatic rings. The molecule has 1 aromatic heterocycles. The SMILES string of the molecule is COc1c(I)cc(C=Nc2sc3c(c2C(=O)NCc2ccccc2)CCCC3)cc1I. The number of aliphatic imine (C=N–C) groups is 1. The minimum Gasteiger partial charge on any atom is -0.495 e. The molecule has 1 heterocycles. The molecule has 160 valence electrons. The maximum atomic E-state index is 13.2. The molecule has 0 saturated heterocycles. The van der Waals surface area contributed by atoms with E-state index in [1.165, 1.54) is 16.9 Å². The second-order valence-corrected chi connectivity index (χ2v) is 10.7. The number of benzene rings is 2. The number of nitrogens with zero attached hydrogens (tertiary/aromatic N) is 1. The number of carbonyl (C=O) groups excluding carboxylic acids is 1. The van der Waals surface area contributed by atoms with Gasteiger partial charge in [-0.2, -0.15) is 0 Å². The molecule has 0 spiro atoms. The van der Waals surface area contributed by atoms with Gasteiger partial charge in [0, 0.05) is 17.6 Å². The first-order valence-electron chi connectivity index (χ1n) is 10.1. The molecule has 7 heteroatoms. The quantitative estimate of drug-likeness (QED) is 0.243. The molecule has 0 bridgehead atoms. The molecule has 4 nitrogen and oxygen atoms in total. The number of methoxy groups -OCH3 is 1. The van der Waals surface area contributed by atoms with E-state index in [0.29, 0.717) is 6.54 Å². The molecule has 0 fully saturated rings. The van der Waals surface area contributed by atoms with Crippen LogP contribution in [0.2, 0.25) is 0 Å². The highest BCUT2D eigenvalue weighted by Crippen LogP contribution is 2.40. The van der Waals surface area contributed by atoms with Crippen LogP contribution in [0.1, 0.15) is 44.8 Å². The van der Waals surface area contributed by atoms with Gasteiger partial charge in [0.05, 0.1) is 19.8 Å². The molecule has 2 aromatic carbocycles. The van der Waals surface area contributed by atoms with Crippen LogP contribution in [0.5, 0.6) is 5.75 Å². The highest BCUT2D eigenvalue weighted by Gasteiger charge is 2.25. The number of ether oxygens (including phenoxy) is 1. The molecular weight excluding hydrogens is 634 g/mol. The van der Waals surface area contributed by atoms with E-state index in [0.717, 1.165) is 53.8 Å². The average Bonchev–Trinajstić information content (AvgIpc) is 3.15. The van der Waals surface area contributed by atoms with Gasteiger partial charge in [-0.25, -0.2) is 4.99 Å². The van der Waals surface area contributed by atoms with Gasteiger partial charge in [-0.15, -0.1) is 11.3 Å². The van der Waals surface area contributed by atoms with Gasteiger partial charge >= 0.3 is 0 Å². The van der Waals surface area contributed by atoms with Gasteiger partial charge in [0.1, 0.15) is 10.8 Å². The molecule has 4 rings (SSSR count). The van der Waals surface area contributed by atoms with Crippen molar-refractivity contribution in [1.82, 2.24) is 5.32 Å². The molecule has 0 radical (unpaired) electrons. The molecule has 0 saturated carbocycles. The summed E-state index contributed by atoms with van der Waals surface area (Å²) in [5.41, 5.74) is 4.03. The lowest BCUT2D eigenvalue weighted by Crippen LogP contribution is -2.24. The van der Waals surface area contributed by atoms with Crippen molar-refractivity contribution in [2.24, 2.45) is 4.99 Å². The largest absolute Gasteiger partial charge is 0.495 e. The zero-order chi connectivity index (χ0) is 21.8. The Morgan fingerprint density at radius 1 is 1.16 bits per heavy atom. The number of rotatable bonds is 6. The van der Waals surface area contributed by atoms with Gasteiger partial charge in [0.25, 0.3) is 5.91 Å². The van der Waals surface area contributed by atoms with E-state index in [9.17, 15) is 4.79 Å². The first-order valence-corrected chi connectivity index (χ1v) is 13.1. The smallest absolute Gasteiger partial charge is 0.254 e. The summed E-state index contributed by atoms with van der Waals surface area (Å²) in [5, 5.41) is 3.90. The fourth-order valence-corrected chi connectivity index (χ4v) is 7.21. The molecule has 0 unspecified atom stereocenters. The lowest BCUT2D eigenvalue weighted by molar-refractivity contribution is 0.0951. The van der Waals surface area contributed by atoms with Crippen LogP contribution in [0.25, 0.3) is 0 Å². The maximum absolute atomic E-state index is 13.2. The summed E-state index contributed by atoms with van der Waals surface area (Å²) in [6.07, 6.45) is 6.15. The normalized spacial score (nSPS) is 13.3. The van der Waals surface area contributed by atoms with E-state index < -0.39 is 0 Å². The van der Waals surface area contributed by atoms with Crippen molar-refractivity contribution in [1.29, 1.82) is 0 Å². The number of hydrogen-bond acceptors (Lipinski definition) is 4. The van der Waals surface area contributed by atoms with Crippen LogP contribution in [0.15, 0.2) is 47.5 Å². The Morgan fingerprint density at radius 2 is 1.87 bits per heavy atom. The van der Waals surface area contributed by atoms with Crippen molar-refractivity contribution < 1.29 is 9.53 Å². The predicted octanol–water partition coefficient (Wildman–Crippen LogP) is 6.53. The van der Waals surface area contributed by atoms with E-state index in [1.54, 1.807) is 18.4 Å². The molecule has 0 atom stereocenters. The van der Waals surface area contributed by atoms with Crippen molar-refractivity contribution in [3.8, 4) is 5.75 Å². The number of nitrogens with one attached hydrogen (secondary N) is 1. The van der Waals surface area contributed by atoms with Gasteiger partial charge in [0.2, 0.25) is 0 Å². The number of halogens is 2. The highest BCUT2D eigenvalue weighted by molar-refractivity contribution is 14.1. The van der Waals surface area contributed by atoms with E-state index in [4.69, 9.17) is 9.73 Å². The van der Waals surface area contributed by atoms with Crippen LogP contribution < -0.4 is 10.1 Å². The number of fused-ring (bicyclic) bond motifs is 1. The van der Waals surface area contributed by atoms with Crippen LogP contribution in [-0.2, 0) is 19.4 Å². The maximum Gasteiger partial charge on any atom is 0.254 e. The van der Waals surface area contributed by atoms with E-state index in [-0.39, 0.29) is 5.91 Å². The van der Waals surface area contributed by atoms with Gasteiger partial charge in [0.15, 0.2) is 0 Å². The molecule has 31 heavy (non-hydrogen) atoms. The predicted molar refractivity (Wildman–Crippen MR) is 144 cm³/mol. The topological polar surface area (TPSA) is 50.7 Å². The minimum atomic E-state index is -0.0331. The Morgan fingerprint density at radius 3 is 2.58 bits per heavy atom. The van der Waals surface area contributed by atoms with E-state index >= 15 is 0 Å². The summed E-state index contributed by atoms with van der Waals surface area (Å²) in [6, 6.07) is 14.1. The Bertz CT molecular complexity index is 1100. The Hall–Kier alpha value is -1.46. The van der Waals surface area contributed by atoms with Crippen molar-refractivity contribution in [2.45, 2.75) is 32.2 Å². The van der Waals surface area contributed by atoms with Crippen molar-refractivity contribution in [2.75, 3.05) is 7.11 Å². The Balaban J connectivity index is 1.62. The third-order valence-corrected chi connectivity index (χ3v) is 8.03. The summed E-state index contributed by atoms with van der Waals surface area (Å²) < 4.78 is 7.54. The highest BCUT2D eigenvalue weighted by atomic mass is 127. The van der Waals surface area contributed by atoms with Crippen molar-refractivity contribution in [3.05, 3.63) is 76.7 Å². The fourth-order valence-electron chi connectivity index (χ4n) is 3.73. The number of hydrogen-bond donors (Lipinski definition) is 1. The molecule has 1 aliphatic carbocycles. The zero-order valence-electron chi connectivity index (χ0n) is 17.1. The summed E-state index contributed by atoms with van der Waals surface area (Å²) in [7, 11) is 1.68. The second-order valence-electron chi connectivity index (χ2n) is 7.34. The fraction of sp³-hybridized carbons (Fsp3) is 0.250. The third kappa shape index (κ3) is 5.31. The van der Waals surface area contributed by atoms with Crippen LogP contribution >= 0.6 is 56.5 Å². The molecule has 1 amide bonds. The minimum absolute atomic E-state index is 0.0331. The van der Waals surface area contributed by atoms with Crippen LogP contribution in [0.4, 0.5) is 5.00 Å². The van der Waals surface area contributed by atoms with Crippen LogP contribution in [0, 0.1) is 7.14 Å². The number of amides is 1. The zero-order valence-corrected chi connectivity index (χ0v) is 22.2. The van der Waals surface area contributed by atoms with E-state index in [1.807, 2.05) is 48.7 Å². The molecule has 3 aromatic rings. The second kappa shape index (κ2) is 10.4. The third-order valence-electron chi connectivity index (χ3n) is 5.23. The Labute approximate surface area is 213 Å². The monoisotopic (exact) mass is 656 g/mol. The van der Waals surface area contributed by atoms with Gasteiger partial charge < -0.3 is 10.1 Å².